The van der Waals surface area contributed by atoms with E-state index in [1.807, 2.05) is 55.5 Å². The molecule has 25 heavy (non-hydrogen) atoms. The molecular formula is C21H21N3O. The van der Waals surface area contributed by atoms with E-state index in [0.29, 0.717) is 18.7 Å². The second-order valence-corrected chi connectivity index (χ2v) is 5.97. The van der Waals surface area contributed by atoms with Gasteiger partial charge in [0.2, 0.25) is 0 Å². The molecule has 4 nitrogen and oxygen atoms in total. The van der Waals surface area contributed by atoms with Crippen LogP contribution in [0.4, 0.5) is 5.69 Å². The van der Waals surface area contributed by atoms with E-state index in [9.17, 15) is 4.79 Å². The quantitative estimate of drug-likeness (QED) is 0.719. The summed E-state index contributed by atoms with van der Waals surface area (Å²) in [6, 6.07) is 20.0. The molecule has 0 atom stereocenters. The molecule has 0 unspecified atom stereocenters. The molecule has 0 aliphatic heterocycles. The average molecular weight is 331 g/mol. The first-order valence-electron chi connectivity index (χ1n) is 8.27. The van der Waals surface area contributed by atoms with Crippen LogP contribution in [-0.4, -0.2) is 10.9 Å². The standard InChI is InChI=1S/C21H21N3O/c1-16-7-9-18(10-8-16)13-24-21(25)19-11-20(15-22-14-19)23-12-17-5-3-2-4-6-17/h2-11,14-15,23H,12-13H2,1H3,(H,24,25). The summed E-state index contributed by atoms with van der Waals surface area (Å²) in [4.78, 5) is 16.5. The first-order valence-corrected chi connectivity index (χ1v) is 8.27. The Bertz CT molecular complexity index is 829. The van der Waals surface area contributed by atoms with Gasteiger partial charge in [0.15, 0.2) is 0 Å². The highest BCUT2D eigenvalue weighted by Gasteiger charge is 2.07. The van der Waals surface area contributed by atoms with E-state index in [0.717, 1.165) is 11.3 Å². The number of anilines is 1. The summed E-state index contributed by atoms with van der Waals surface area (Å²) < 4.78 is 0. The molecule has 0 radical (unpaired) electrons. The zero-order valence-electron chi connectivity index (χ0n) is 14.2. The van der Waals surface area contributed by atoms with Gasteiger partial charge in [-0.1, -0.05) is 60.2 Å². The van der Waals surface area contributed by atoms with Crippen molar-refractivity contribution in [3.63, 3.8) is 0 Å². The Hall–Kier alpha value is -3.14. The van der Waals surface area contributed by atoms with E-state index in [1.54, 1.807) is 12.4 Å². The van der Waals surface area contributed by atoms with Crippen molar-refractivity contribution in [2.75, 3.05) is 5.32 Å². The van der Waals surface area contributed by atoms with Crippen molar-refractivity contribution in [3.05, 3.63) is 95.3 Å². The molecule has 3 aromatic rings. The normalized spacial score (nSPS) is 10.3. The smallest absolute Gasteiger partial charge is 0.253 e. The molecule has 0 saturated carbocycles. The number of nitrogens with one attached hydrogen (secondary N) is 2. The van der Waals surface area contributed by atoms with Gasteiger partial charge < -0.3 is 10.6 Å². The van der Waals surface area contributed by atoms with Crippen LogP contribution in [0, 0.1) is 6.92 Å². The minimum absolute atomic E-state index is 0.128. The van der Waals surface area contributed by atoms with Gasteiger partial charge in [0.1, 0.15) is 0 Å². The maximum absolute atomic E-state index is 12.3. The fraction of sp³-hybridized carbons (Fsp3) is 0.143. The van der Waals surface area contributed by atoms with Crippen molar-refractivity contribution in [2.24, 2.45) is 0 Å². The van der Waals surface area contributed by atoms with Crippen molar-refractivity contribution >= 4 is 11.6 Å². The van der Waals surface area contributed by atoms with E-state index >= 15 is 0 Å². The number of pyridine rings is 1. The monoisotopic (exact) mass is 331 g/mol. The number of benzene rings is 2. The van der Waals surface area contributed by atoms with E-state index in [2.05, 4.69) is 27.8 Å². The molecule has 1 aromatic heterocycles. The Balaban J connectivity index is 1.58. The molecule has 4 heteroatoms. The van der Waals surface area contributed by atoms with Crippen LogP contribution in [0.5, 0.6) is 0 Å². The Morgan fingerprint density at radius 1 is 0.920 bits per heavy atom. The number of carbonyl (C=O) groups excluding carboxylic acids is 1. The molecule has 0 bridgehead atoms. The van der Waals surface area contributed by atoms with Gasteiger partial charge in [-0.15, -0.1) is 0 Å². The van der Waals surface area contributed by atoms with E-state index in [-0.39, 0.29) is 5.91 Å². The fourth-order valence-corrected chi connectivity index (χ4v) is 2.45. The molecule has 126 valence electrons. The third kappa shape index (κ3) is 4.91. The minimum Gasteiger partial charge on any atom is -0.380 e. The lowest BCUT2D eigenvalue weighted by Crippen LogP contribution is -2.23. The number of carbonyl (C=O) groups is 1. The van der Waals surface area contributed by atoms with Gasteiger partial charge in [0.25, 0.3) is 5.91 Å². The van der Waals surface area contributed by atoms with Crippen molar-refractivity contribution in [2.45, 2.75) is 20.0 Å². The Morgan fingerprint density at radius 2 is 1.64 bits per heavy atom. The van der Waals surface area contributed by atoms with Gasteiger partial charge >= 0.3 is 0 Å². The molecule has 3 rings (SSSR count). The fourth-order valence-electron chi connectivity index (χ4n) is 2.45. The highest BCUT2D eigenvalue weighted by Crippen LogP contribution is 2.11. The van der Waals surface area contributed by atoms with Gasteiger partial charge in [0.05, 0.1) is 11.3 Å². The van der Waals surface area contributed by atoms with Gasteiger partial charge in [-0.25, -0.2) is 0 Å². The minimum atomic E-state index is -0.128. The van der Waals surface area contributed by atoms with Gasteiger partial charge in [-0.2, -0.15) is 0 Å². The maximum Gasteiger partial charge on any atom is 0.253 e. The van der Waals surface area contributed by atoms with Crippen LogP contribution in [0.1, 0.15) is 27.0 Å². The highest BCUT2D eigenvalue weighted by molar-refractivity contribution is 5.94. The third-order valence-corrected chi connectivity index (χ3v) is 3.91. The molecule has 1 heterocycles. The summed E-state index contributed by atoms with van der Waals surface area (Å²) >= 11 is 0. The largest absolute Gasteiger partial charge is 0.380 e. The highest BCUT2D eigenvalue weighted by atomic mass is 16.1. The van der Waals surface area contributed by atoms with Crippen LogP contribution < -0.4 is 10.6 Å². The van der Waals surface area contributed by atoms with Crippen molar-refractivity contribution in [3.8, 4) is 0 Å². The molecule has 0 saturated heterocycles. The summed E-state index contributed by atoms with van der Waals surface area (Å²) in [5, 5.41) is 6.22. The van der Waals surface area contributed by atoms with E-state index in [4.69, 9.17) is 0 Å². The van der Waals surface area contributed by atoms with Crippen LogP contribution in [0.2, 0.25) is 0 Å². The summed E-state index contributed by atoms with van der Waals surface area (Å²) in [5.74, 6) is -0.128. The van der Waals surface area contributed by atoms with E-state index in [1.165, 1.54) is 11.1 Å². The number of aromatic nitrogens is 1. The zero-order valence-corrected chi connectivity index (χ0v) is 14.2. The lowest BCUT2D eigenvalue weighted by atomic mass is 10.1. The average Bonchev–Trinajstić information content (AvgIpc) is 2.67. The Kier molecular flexibility index (Phi) is 5.42. The molecule has 0 fully saturated rings. The van der Waals surface area contributed by atoms with Crippen LogP contribution in [0.15, 0.2) is 73.1 Å². The van der Waals surface area contributed by atoms with Crippen LogP contribution in [0.25, 0.3) is 0 Å². The number of rotatable bonds is 6. The van der Waals surface area contributed by atoms with Crippen LogP contribution in [-0.2, 0) is 13.1 Å². The Morgan fingerprint density at radius 3 is 2.40 bits per heavy atom. The second kappa shape index (κ2) is 8.11. The topological polar surface area (TPSA) is 54.0 Å². The lowest BCUT2D eigenvalue weighted by molar-refractivity contribution is 0.0950. The second-order valence-electron chi connectivity index (χ2n) is 5.97. The van der Waals surface area contributed by atoms with Gasteiger partial charge in [0, 0.05) is 25.5 Å². The SMILES string of the molecule is Cc1ccc(CNC(=O)c2cncc(NCc3ccccc3)c2)cc1. The number of aryl methyl sites for hydroxylation is 1. The summed E-state index contributed by atoms with van der Waals surface area (Å²) in [6.45, 7) is 3.24. The molecule has 2 aromatic carbocycles. The van der Waals surface area contributed by atoms with E-state index < -0.39 is 0 Å². The number of hydrogen-bond acceptors (Lipinski definition) is 3. The van der Waals surface area contributed by atoms with Crippen LogP contribution in [0.3, 0.4) is 0 Å². The van der Waals surface area contributed by atoms with Crippen molar-refractivity contribution in [1.82, 2.24) is 10.3 Å². The van der Waals surface area contributed by atoms with Gasteiger partial charge in [-0.05, 0) is 24.1 Å². The number of amides is 1. The zero-order chi connectivity index (χ0) is 17.5. The Labute approximate surface area is 147 Å². The predicted molar refractivity (Wildman–Crippen MR) is 100 cm³/mol. The summed E-state index contributed by atoms with van der Waals surface area (Å²) in [6.07, 6.45) is 3.30. The molecule has 0 aliphatic carbocycles. The molecular weight excluding hydrogens is 310 g/mol. The van der Waals surface area contributed by atoms with Crippen molar-refractivity contribution in [1.29, 1.82) is 0 Å². The summed E-state index contributed by atoms with van der Waals surface area (Å²) in [7, 11) is 0. The van der Waals surface area contributed by atoms with Crippen LogP contribution >= 0.6 is 0 Å². The van der Waals surface area contributed by atoms with Crippen molar-refractivity contribution < 1.29 is 4.79 Å². The first kappa shape index (κ1) is 16.7. The lowest BCUT2D eigenvalue weighted by Gasteiger charge is -2.09. The first-order chi connectivity index (χ1) is 12.2. The molecule has 2 N–H and O–H groups in total. The summed E-state index contributed by atoms with van der Waals surface area (Å²) in [5.41, 5.74) is 4.83. The molecule has 0 spiro atoms. The maximum atomic E-state index is 12.3. The third-order valence-electron chi connectivity index (χ3n) is 3.91. The molecule has 0 aliphatic rings. The molecule has 1 amide bonds. The number of hydrogen-bond donors (Lipinski definition) is 2. The number of nitrogens with zero attached hydrogens (tertiary/aromatic N) is 1. The van der Waals surface area contributed by atoms with Gasteiger partial charge in [-0.3, -0.25) is 9.78 Å². The predicted octanol–water partition coefficient (Wildman–Crippen LogP) is 3.93.